The molecule has 1 fully saturated rings. The molecule has 128 valence electrons. The van der Waals surface area contributed by atoms with Crippen LogP contribution in [0.4, 0.5) is 4.39 Å². The fourth-order valence-electron chi connectivity index (χ4n) is 2.47. The number of nitrogens with one attached hydrogen (secondary N) is 1. The smallest absolute Gasteiger partial charge is 0.276 e. The summed E-state index contributed by atoms with van der Waals surface area (Å²) in [6.07, 6.45) is 0. The summed E-state index contributed by atoms with van der Waals surface area (Å²) in [7, 11) is -3.66. The third kappa shape index (κ3) is 5.24. The number of carbonyl (C=O) groups excluding carboxylic acids is 1. The summed E-state index contributed by atoms with van der Waals surface area (Å²) < 4.78 is 36.5. The normalized spacial score (nSPS) is 18.6. The van der Waals surface area contributed by atoms with Gasteiger partial charge >= 0.3 is 0 Å². The second-order valence-electron chi connectivity index (χ2n) is 5.56. The Labute approximate surface area is 135 Å². The molecule has 1 aromatic carbocycles. The van der Waals surface area contributed by atoms with Crippen molar-refractivity contribution in [3.8, 4) is 0 Å². The highest BCUT2D eigenvalue weighted by Gasteiger charge is 2.25. The third-order valence-electron chi connectivity index (χ3n) is 3.81. The minimum Gasteiger partial charge on any atom is -0.348 e. The highest BCUT2D eigenvalue weighted by Crippen LogP contribution is 2.13. The molecular weight excluding hydrogens is 323 g/mol. The van der Waals surface area contributed by atoms with E-state index in [1.807, 2.05) is 11.8 Å². The number of nitrogens with two attached hydrogens (primary N) is 1. The van der Waals surface area contributed by atoms with Crippen molar-refractivity contribution in [1.29, 1.82) is 0 Å². The summed E-state index contributed by atoms with van der Waals surface area (Å²) in [5.74, 6) is -0.481. The van der Waals surface area contributed by atoms with E-state index in [0.717, 1.165) is 5.56 Å². The molecule has 1 atom stereocenters. The van der Waals surface area contributed by atoms with Gasteiger partial charge in [0.1, 0.15) is 5.82 Å². The Kier molecular flexibility index (Phi) is 5.69. The topological polar surface area (TPSA) is 95.7 Å². The van der Waals surface area contributed by atoms with E-state index in [9.17, 15) is 17.6 Å². The molecule has 1 heterocycles. The monoisotopic (exact) mass is 344 g/mol. The van der Waals surface area contributed by atoms with Crippen LogP contribution in [0.2, 0.25) is 0 Å². The number of piperazine rings is 1. The van der Waals surface area contributed by atoms with E-state index < -0.39 is 10.2 Å². The Hall–Kier alpha value is -1.55. The van der Waals surface area contributed by atoms with E-state index in [1.165, 1.54) is 16.4 Å². The molecule has 1 unspecified atom stereocenters. The minimum atomic E-state index is -3.66. The maximum Gasteiger partial charge on any atom is 0.276 e. The third-order valence-corrected chi connectivity index (χ3v) is 4.89. The van der Waals surface area contributed by atoms with Crippen LogP contribution >= 0.6 is 0 Å². The van der Waals surface area contributed by atoms with Crippen LogP contribution in [-0.4, -0.2) is 56.3 Å². The number of halogens is 1. The average Bonchev–Trinajstić information content (AvgIpc) is 2.47. The van der Waals surface area contributed by atoms with Crippen LogP contribution in [0.5, 0.6) is 0 Å². The summed E-state index contributed by atoms with van der Waals surface area (Å²) in [6.45, 7) is 3.47. The first-order valence-corrected chi connectivity index (χ1v) is 8.81. The summed E-state index contributed by atoms with van der Waals surface area (Å²) >= 11 is 0. The van der Waals surface area contributed by atoms with Gasteiger partial charge in [-0.1, -0.05) is 12.1 Å². The number of benzene rings is 1. The molecule has 0 spiro atoms. The fourth-order valence-corrected chi connectivity index (χ4v) is 3.14. The van der Waals surface area contributed by atoms with E-state index in [1.54, 1.807) is 12.1 Å². The first-order valence-electron chi connectivity index (χ1n) is 7.31. The molecule has 7 nitrogen and oxygen atoms in total. The maximum atomic E-state index is 12.9. The first kappa shape index (κ1) is 17.8. The summed E-state index contributed by atoms with van der Waals surface area (Å²) in [5, 5.41) is 7.92. The van der Waals surface area contributed by atoms with E-state index in [-0.39, 0.29) is 37.4 Å². The fraction of sp³-hybridized carbons (Fsp3) is 0.500. The first-order chi connectivity index (χ1) is 10.8. The lowest BCUT2D eigenvalue weighted by atomic mass is 10.1. The van der Waals surface area contributed by atoms with E-state index in [2.05, 4.69) is 5.32 Å². The largest absolute Gasteiger partial charge is 0.348 e. The quantitative estimate of drug-likeness (QED) is 0.775. The summed E-state index contributed by atoms with van der Waals surface area (Å²) in [6, 6.07) is 5.74. The Morgan fingerprint density at radius 2 is 1.83 bits per heavy atom. The summed E-state index contributed by atoms with van der Waals surface area (Å²) in [5.41, 5.74) is 0.818. The van der Waals surface area contributed by atoms with Crippen molar-refractivity contribution in [2.45, 2.75) is 13.0 Å². The molecule has 1 aromatic rings. The average molecular weight is 344 g/mol. The van der Waals surface area contributed by atoms with Crippen molar-refractivity contribution in [2.24, 2.45) is 5.14 Å². The lowest BCUT2D eigenvalue weighted by Gasteiger charge is -2.32. The zero-order valence-corrected chi connectivity index (χ0v) is 13.7. The number of rotatable bonds is 5. The molecular formula is C14H21FN4O3S. The molecule has 0 bridgehead atoms. The second kappa shape index (κ2) is 7.35. The standard InChI is InChI=1S/C14H21FN4O3S/c1-11(12-2-4-13(15)5-3-12)17-14(20)10-18-6-8-19(9-7-18)23(16,21)22/h2-5,11H,6-10H2,1H3,(H,17,20)(H2,16,21,22). The molecule has 0 saturated carbocycles. The second-order valence-corrected chi connectivity index (χ2v) is 7.11. The van der Waals surface area contributed by atoms with Gasteiger partial charge in [0.05, 0.1) is 12.6 Å². The van der Waals surface area contributed by atoms with Gasteiger partial charge in [-0.2, -0.15) is 12.7 Å². The van der Waals surface area contributed by atoms with Gasteiger partial charge in [-0.05, 0) is 24.6 Å². The molecule has 23 heavy (non-hydrogen) atoms. The molecule has 1 aliphatic heterocycles. The number of hydrogen-bond acceptors (Lipinski definition) is 4. The van der Waals surface area contributed by atoms with Crippen LogP contribution in [0.15, 0.2) is 24.3 Å². The van der Waals surface area contributed by atoms with Crippen molar-refractivity contribution in [3.05, 3.63) is 35.6 Å². The number of carbonyl (C=O) groups is 1. The van der Waals surface area contributed by atoms with Crippen LogP contribution < -0.4 is 10.5 Å². The molecule has 0 aliphatic carbocycles. The van der Waals surface area contributed by atoms with Crippen molar-refractivity contribution >= 4 is 16.1 Å². The lowest BCUT2D eigenvalue weighted by Crippen LogP contribution is -2.52. The molecule has 9 heteroatoms. The predicted molar refractivity (Wildman–Crippen MR) is 84.1 cm³/mol. The Morgan fingerprint density at radius 3 is 2.35 bits per heavy atom. The van der Waals surface area contributed by atoms with Gasteiger partial charge < -0.3 is 5.32 Å². The van der Waals surface area contributed by atoms with Crippen LogP contribution in [0.3, 0.4) is 0 Å². The molecule has 1 amide bonds. The molecule has 0 aromatic heterocycles. The van der Waals surface area contributed by atoms with Gasteiger partial charge in [0.15, 0.2) is 0 Å². The number of nitrogens with zero attached hydrogens (tertiary/aromatic N) is 2. The molecule has 0 radical (unpaired) electrons. The van der Waals surface area contributed by atoms with Crippen LogP contribution in [0, 0.1) is 5.82 Å². The Morgan fingerprint density at radius 1 is 1.26 bits per heavy atom. The van der Waals surface area contributed by atoms with Crippen molar-refractivity contribution in [1.82, 2.24) is 14.5 Å². The zero-order valence-electron chi connectivity index (χ0n) is 12.9. The van der Waals surface area contributed by atoms with Gasteiger partial charge in [0.25, 0.3) is 10.2 Å². The van der Waals surface area contributed by atoms with Crippen molar-refractivity contribution < 1.29 is 17.6 Å². The van der Waals surface area contributed by atoms with Crippen LogP contribution in [-0.2, 0) is 15.0 Å². The predicted octanol–water partition coefficient (Wildman–Crippen LogP) is -0.176. The zero-order chi connectivity index (χ0) is 17.0. The van der Waals surface area contributed by atoms with Crippen LogP contribution in [0.1, 0.15) is 18.5 Å². The minimum absolute atomic E-state index is 0.161. The van der Waals surface area contributed by atoms with Crippen LogP contribution in [0.25, 0.3) is 0 Å². The van der Waals surface area contributed by atoms with Gasteiger partial charge in [-0.25, -0.2) is 9.53 Å². The van der Waals surface area contributed by atoms with E-state index in [4.69, 9.17) is 5.14 Å². The summed E-state index contributed by atoms with van der Waals surface area (Å²) in [4.78, 5) is 13.9. The SMILES string of the molecule is CC(NC(=O)CN1CCN(S(N)(=O)=O)CC1)c1ccc(F)cc1. The molecule has 1 aliphatic rings. The molecule has 2 rings (SSSR count). The Bertz CT molecular complexity index is 642. The van der Waals surface area contributed by atoms with Gasteiger partial charge in [-0.3, -0.25) is 9.69 Å². The molecule has 3 N–H and O–H groups in total. The maximum absolute atomic E-state index is 12.9. The Balaban J connectivity index is 1.80. The van der Waals surface area contributed by atoms with E-state index >= 15 is 0 Å². The van der Waals surface area contributed by atoms with Gasteiger partial charge in [-0.15, -0.1) is 0 Å². The highest BCUT2D eigenvalue weighted by molar-refractivity contribution is 7.86. The van der Waals surface area contributed by atoms with Crippen molar-refractivity contribution in [3.63, 3.8) is 0 Å². The molecule has 1 saturated heterocycles. The van der Waals surface area contributed by atoms with Gasteiger partial charge in [0, 0.05) is 26.2 Å². The van der Waals surface area contributed by atoms with Crippen molar-refractivity contribution in [2.75, 3.05) is 32.7 Å². The number of amides is 1. The lowest BCUT2D eigenvalue weighted by molar-refractivity contribution is -0.123. The van der Waals surface area contributed by atoms with Gasteiger partial charge in [0.2, 0.25) is 5.91 Å². The van der Waals surface area contributed by atoms with E-state index in [0.29, 0.717) is 13.1 Å². The highest BCUT2D eigenvalue weighted by atomic mass is 32.2. The number of hydrogen-bond donors (Lipinski definition) is 2.